The van der Waals surface area contributed by atoms with Crippen LogP contribution in [0.5, 0.6) is 11.5 Å². The molecule has 21 heavy (non-hydrogen) atoms. The molecule has 1 atom stereocenters. The molecule has 0 saturated heterocycles. The van der Waals surface area contributed by atoms with E-state index in [-0.39, 0.29) is 11.6 Å². The minimum atomic E-state index is -0.276. The van der Waals surface area contributed by atoms with Gasteiger partial charge in [-0.25, -0.2) is 0 Å². The molecule has 1 heterocycles. The number of hydrogen-bond acceptors (Lipinski definition) is 3. The maximum atomic E-state index is 6.05. The zero-order valence-electron chi connectivity index (χ0n) is 12.7. The summed E-state index contributed by atoms with van der Waals surface area (Å²) in [7, 11) is 0. The van der Waals surface area contributed by atoms with Crippen molar-refractivity contribution in [3.05, 3.63) is 54.1 Å². The van der Waals surface area contributed by atoms with Crippen LogP contribution in [0.25, 0.3) is 0 Å². The predicted molar refractivity (Wildman–Crippen MR) is 85.1 cm³/mol. The Hall–Kier alpha value is -2.16. The van der Waals surface area contributed by atoms with Crippen molar-refractivity contribution in [3.63, 3.8) is 0 Å². The highest BCUT2D eigenvalue weighted by Crippen LogP contribution is 2.44. The number of para-hydroxylation sites is 1. The highest BCUT2D eigenvalue weighted by Gasteiger charge is 2.40. The van der Waals surface area contributed by atoms with Crippen LogP contribution in [0.2, 0.25) is 0 Å². The van der Waals surface area contributed by atoms with Gasteiger partial charge >= 0.3 is 0 Å². The number of anilines is 1. The number of hydrogen-bond donors (Lipinski definition) is 1. The van der Waals surface area contributed by atoms with Crippen LogP contribution < -0.4 is 14.8 Å². The van der Waals surface area contributed by atoms with Gasteiger partial charge in [0.05, 0.1) is 12.6 Å². The molecule has 3 nitrogen and oxygen atoms in total. The fraction of sp³-hybridized carbons (Fsp3) is 0.333. The highest BCUT2D eigenvalue weighted by atomic mass is 16.5. The van der Waals surface area contributed by atoms with Crippen LogP contribution in [0, 0.1) is 0 Å². The standard InChI is InChI=1S/C18H21NO2/c1-4-20-14-11-9-13(10-12-14)19-17-15-7-5-6-8-16(15)21-18(17,2)3/h5-12,17,19H,4H2,1-3H3. The van der Waals surface area contributed by atoms with Crippen LogP contribution in [0.1, 0.15) is 32.4 Å². The molecule has 1 aliphatic rings. The van der Waals surface area contributed by atoms with E-state index in [0.29, 0.717) is 6.61 Å². The lowest BCUT2D eigenvalue weighted by molar-refractivity contribution is 0.118. The van der Waals surface area contributed by atoms with Gasteiger partial charge in [0.1, 0.15) is 17.1 Å². The largest absolute Gasteiger partial charge is 0.494 e. The SMILES string of the molecule is CCOc1ccc(NC2c3ccccc3OC2(C)C)cc1. The number of nitrogens with one attached hydrogen (secondary N) is 1. The van der Waals surface area contributed by atoms with E-state index in [0.717, 1.165) is 17.2 Å². The summed E-state index contributed by atoms with van der Waals surface area (Å²) in [6.07, 6.45) is 0. The minimum Gasteiger partial charge on any atom is -0.494 e. The van der Waals surface area contributed by atoms with Gasteiger partial charge in [0.15, 0.2) is 0 Å². The fourth-order valence-electron chi connectivity index (χ4n) is 2.76. The van der Waals surface area contributed by atoms with Crippen molar-refractivity contribution in [2.75, 3.05) is 11.9 Å². The summed E-state index contributed by atoms with van der Waals surface area (Å²) in [4.78, 5) is 0. The van der Waals surface area contributed by atoms with E-state index in [2.05, 4.69) is 31.3 Å². The molecule has 3 heteroatoms. The Kier molecular flexibility index (Phi) is 3.50. The molecule has 1 N–H and O–H groups in total. The van der Waals surface area contributed by atoms with E-state index >= 15 is 0 Å². The summed E-state index contributed by atoms with van der Waals surface area (Å²) in [5.41, 5.74) is 2.00. The average Bonchev–Trinajstić information content (AvgIpc) is 2.72. The molecule has 110 valence electrons. The molecule has 1 aliphatic heterocycles. The van der Waals surface area contributed by atoms with Crippen LogP contribution in [0.3, 0.4) is 0 Å². The molecule has 0 radical (unpaired) electrons. The second kappa shape index (κ2) is 5.32. The van der Waals surface area contributed by atoms with Crippen LogP contribution in [-0.2, 0) is 0 Å². The van der Waals surface area contributed by atoms with Crippen molar-refractivity contribution < 1.29 is 9.47 Å². The van der Waals surface area contributed by atoms with E-state index in [4.69, 9.17) is 9.47 Å². The predicted octanol–water partition coefficient (Wildman–Crippen LogP) is 4.41. The fourth-order valence-corrected chi connectivity index (χ4v) is 2.76. The van der Waals surface area contributed by atoms with Crippen molar-refractivity contribution in [2.24, 2.45) is 0 Å². The molecule has 0 fully saturated rings. The maximum absolute atomic E-state index is 6.05. The Morgan fingerprint density at radius 3 is 2.52 bits per heavy atom. The number of benzene rings is 2. The second-order valence-corrected chi connectivity index (χ2v) is 5.78. The zero-order chi connectivity index (χ0) is 14.9. The minimum absolute atomic E-state index is 0.131. The first-order valence-corrected chi connectivity index (χ1v) is 7.37. The summed E-state index contributed by atoms with van der Waals surface area (Å²) < 4.78 is 11.5. The molecule has 1 unspecified atom stereocenters. The van der Waals surface area contributed by atoms with Gasteiger partial charge in [0.2, 0.25) is 0 Å². The zero-order valence-corrected chi connectivity index (χ0v) is 12.7. The van der Waals surface area contributed by atoms with Gasteiger partial charge in [-0.3, -0.25) is 0 Å². The summed E-state index contributed by atoms with van der Waals surface area (Å²) >= 11 is 0. The number of fused-ring (bicyclic) bond motifs is 1. The normalized spacial score (nSPS) is 18.7. The van der Waals surface area contributed by atoms with Gasteiger partial charge in [-0.05, 0) is 51.1 Å². The monoisotopic (exact) mass is 283 g/mol. The van der Waals surface area contributed by atoms with E-state index < -0.39 is 0 Å². The summed E-state index contributed by atoms with van der Waals surface area (Å²) in [6, 6.07) is 16.4. The quantitative estimate of drug-likeness (QED) is 0.901. The van der Waals surface area contributed by atoms with Gasteiger partial charge in [-0.2, -0.15) is 0 Å². The van der Waals surface area contributed by atoms with Crippen LogP contribution in [0.4, 0.5) is 5.69 Å². The first-order chi connectivity index (χ1) is 10.1. The van der Waals surface area contributed by atoms with Crippen LogP contribution in [0.15, 0.2) is 48.5 Å². The smallest absolute Gasteiger partial charge is 0.128 e. The van der Waals surface area contributed by atoms with Crippen molar-refractivity contribution in [1.82, 2.24) is 0 Å². The van der Waals surface area contributed by atoms with E-state index in [9.17, 15) is 0 Å². The summed E-state index contributed by atoms with van der Waals surface area (Å²) in [5, 5.41) is 3.58. The van der Waals surface area contributed by atoms with Gasteiger partial charge in [0, 0.05) is 11.3 Å². The first-order valence-electron chi connectivity index (χ1n) is 7.37. The Labute approximate surface area is 125 Å². The third-order valence-corrected chi connectivity index (χ3v) is 3.77. The molecule has 0 aliphatic carbocycles. The molecule has 0 spiro atoms. The second-order valence-electron chi connectivity index (χ2n) is 5.78. The maximum Gasteiger partial charge on any atom is 0.128 e. The van der Waals surface area contributed by atoms with Crippen molar-refractivity contribution >= 4 is 5.69 Å². The number of rotatable bonds is 4. The summed E-state index contributed by atoms with van der Waals surface area (Å²) in [6.45, 7) is 6.89. The topological polar surface area (TPSA) is 30.5 Å². The summed E-state index contributed by atoms with van der Waals surface area (Å²) in [5.74, 6) is 1.86. The Morgan fingerprint density at radius 2 is 1.81 bits per heavy atom. The van der Waals surface area contributed by atoms with Gasteiger partial charge in [-0.1, -0.05) is 18.2 Å². The Morgan fingerprint density at radius 1 is 1.10 bits per heavy atom. The lowest BCUT2D eigenvalue weighted by atomic mass is 9.94. The van der Waals surface area contributed by atoms with E-state index in [1.807, 2.05) is 43.3 Å². The molecule has 0 bridgehead atoms. The Bertz CT molecular complexity index is 619. The molecule has 3 rings (SSSR count). The van der Waals surface area contributed by atoms with Gasteiger partial charge in [0.25, 0.3) is 0 Å². The molecule has 0 amide bonds. The lowest BCUT2D eigenvalue weighted by Crippen LogP contribution is -2.34. The average molecular weight is 283 g/mol. The van der Waals surface area contributed by atoms with Gasteiger partial charge in [-0.15, -0.1) is 0 Å². The van der Waals surface area contributed by atoms with E-state index in [1.54, 1.807) is 0 Å². The van der Waals surface area contributed by atoms with Crippen molar-refractivity contribution in [3.8, 4) is 11.5 Å². The van der Waals surface area contributed by atoms with Gasteiger partial charge < -0.3 is 14.8 Å². The Balaban J connectivity index is 1.83. The molecule has 0 aromatic heterocycles. The third kappa shape index (κ3) is 2.68. The van der Waals surface area contributed by atoms with E-state index in [1.165, 1.54) is 5.56 Å². The molecular formula is C18H21NO2. The van der Waals surface area contributed by atoms with Crippen molar-refractivity contribution in [1.29, 1.82) is 0 Å². The first kappa shape index (κ1) is 13.8. The molecular weight excluding hydrogens is 262 g/mol. The van der Waals surface area contributed by atoms with Crippen LogP contribution >= 0.6 is 0 Å². The number of ether oxygens (including phenoxy) is 2. The highest BCUT2D eigenvalue weighted by molar-refractivity contribution is 5.53. The molecule has 0 saturated carbocycles. The molecule has 2 aromatic rings. The van der Waals surface area contributed by atoms with Crippen molar-refractivity contribution in [2.45, 2.75) is 32.4 Å². The lowest BCUT2D eigenvalue weighted by Gasteiger charge is -2.28. The third-order valence-electron chi connectivity index (χ3n) is 3.77. The molecule has 2 aromatic carbocycles. The van der Waals surface area contributed by atoms with Crippen LogP contribution in [-0.4, -0.2) is 12.2 Å².